The number of hydrogen-bond donors (Lipinski definition) is 0. The van der Waals surface area contributed by atoms with Gasteiger partial charge in [0.1, 0.15) is 0 Å². The first kappa shape index (κ1) is 85.4. The Labute approximate surface area is 843 Å². The van der Waals surface area contributed by atoms with Gasteiger partial charge in [0, 0.05) is 104 Å². The van der Waals surface area contributed by atoms with Gasteiger partial charge in [-0.15, -0.1) is 11.3 Å². The minimum absolute atomic E-state index is 0.102. The predicted molar refractivity (Wildman–Crippen MR) is 602 cm³/mol. The first-order valence-electron chi connectivity index (χ1n) is 49.2. The SMILES string of the molecule is CC1(C)c2ccccc2-c2ccc(-c3cc(-c4ccc5c(c4)sc4ccccc45)cc(N4c5ccccc5-c5cccc6cccc(c56)-c5ccncc54)c3)cc21.c1ccc(-c2nc(-c3ccccc3)nc(-c3ccc(N4c5ccccc5-c5cccc6cccc(c56)-c5ccccc54)cc3)n2)cc1.c1ccc(-c2nc(-c3ccccc3)nc(N3c4ccccc4-c4cccc5cccc(c45)-c4ccccc43)n2)cc1. The normalized spacial score (nSPS) is 12.5. The summed E-state index contributed by atoms with van der Waals surface area (Å²) in [7, 11) is 0. The van der Waals surface area contributed by atoms with Crippen LogP contribution in [0.15, 0.2) is 498 Å². The minimum Gasteiger partial charge on any atom is -0.309 e. The second kappa shape index (κ2) is 35.5. The average Bonchev–Trinajstić information content (AvgIpc) is 1.34. The number of aromatic nitrogens is 7. The van der Waals surface area contributed by atoms with Crippen LogP contribution in [0.1, 0.15) is 25.0 Å². The number of nitrogens with zero attached hydrogens (tertiary/aromatic N) is 10. The van der Waals surface area contributed by atoms with E-state index in [0.717, 1.165) is 90.0 Å². The molecule has 0 saturated heterocycles. The molecule has 4 aliphatic rings. The maximum Gasteiger partial charge on any atom is 0.238 e. The molecule has 10 nitrogen and oxygen atoms in total. The van der Waals surface area contributed by atoms with Gasteiger partial charge < -0.3 is 9.80 Å². The van der Waals surface area contributed by atoms with Gasteiger partial charge in [0.25, 0.3) is 0 Å². The van der Waals surface area contributed by atoms with Gasteiger partial charge in [-0.05, 0) is 207 Å². The van der Waals surface area contributed by atoms with E-state index in [9.17, 15) is 0 Å². The van der Waals surface area contributed by atoms with E-state index >= 15 is 0 Å². The Morgan fingerprint density at radius 1 is 0.200 bits per heavy atom. The maximum absolute atomic E-state index is 5.13. The zero-order chi connectivity index (χ0) is 96.2. The average molecular weight is 1870 g/mol. The lowest BCUT2D eigenvalue weighted by Crippen LogP contribution is -2.17. The van der Waals surface area contributed by atoms with E-state index < -0.39 is 0 Å². The number of anilines is 9. The van der Waals surface area contributed by atoms with E-state index in [1.807, 2.05) is 145 Å². The molecule has 0 bridgehead atoms. The molecule has 25 aromatic rings. The van der Waals surface area contributed by atoms with Gasteiger partial charge >= 0.3 is 0 Å². The molecule has 680 valence electrons. The molecule has 0 fully saturated rings. The third-order valence-corrected chi connectivity index (χ3v) is 30.1. The molecule has 0 N–H and O–H groups in total. The molecule has 0 unspecified atom stereocenters. The summed E-state index contributed by atoms with van der Waals surface area (Å²) in [5.74, 6) is 3.78. The quantitative estimate of drug-likeness (QED) is 0.132. The Balaban J connectivity index is 0.000000110. The van der Waals surface area contributed by atoms with Gasteiger partial charge in [-0.25, -0.2) is 19.9 Å². The summed E-state index contributed by atoms with van der Waals surface area (Å²) in [4.78, 5) is 41.8. The highest BCUT2D eigenvalue weighted by Gasteiger charge is 2.37. The molecule has 29 rings (SSSR count). The summed E-state index contributed by atoms with van der Waals surface area (Å²) in [6.07, 6.45) is 3.97. The third-order valence-electron chi connectivity index (χ3n) is 29.0. The third kappa shape index (κ3) is 14.9. The zero-order valence-electron chi connectivity index (χ0n) is 79.2. The topological polar surface area (TPSA) is 100.0 Å². The molecule has 0 amide bonds. The van der Waals surface area contributed by atoms with Crippen molar-refractivity contribution in [2.75, 3.05) is 14.7 Å². The van der Waals surface area contributed by atoms with Crippen molar-refractivity contribution in [3.05, 3.63) is 509 Å². The summed E-state index contributed by atoms with van der Waals surface area (Å²) in [5, 5.41) is 10.1. The van der Waals surface area contributed by atoms with Crippen LogP contribution >= 0.6 is 11.3 Å². The Morgan fingerprint density at radius 2 is 0.524 bits per heavy atom. The highest BCUT2D eigenvalue weighted by atomic mass is 32.1. The Kier molecular flexibility index (Phi) is 20.9. The maximum atomic E-state index is 5.13. The fourth-order valence-electron chi connectivity index (χ4n) is 22.3. The van der Waals surface area contributed by atoms with Gasteiger partial charge in [-0.2, -0.15) is 9.97 Å². The molecule has 7 heterocycles. The number of rotatable bonds is 10. The molecule has 0 spiro atoms. The van der Waals surface area contributed by atoms with Crippen molar-refractivity contribution in [3.8, 4) is 157 Å². The Morgan fingerprint density at radius 3 is 0.966 bits per heavy atom. The van der Waals surface area contributed by atoms with Crippen LogP contribution in [0.5, 0.6) is 0 Å². The van der Waals surface area contributed by atoms with Crippen LogP contribution in [0.3, 0.4) is 0 Å². The second-order valence-electron chi connectivity index (χ2n) is 37.7. The number of hydrogen-bond acceptors (Lipinski definition) is 11. The smallest absolute Gasteiger partial charge is 0.238 e. The Bertz CT molecular complexity index is 9090. The van der Waals surface area contributed by atoms with E-state index in [1.165, 1.54) is 147 Å². The first-order valence-corrected chi connectivity index (χ1v) is 50.0. The van der Waals surface area contributed by atoms with Crippen molar-refractivity contribution in [1.82, 2.24) is 34.9 Å². The van der Waals surface area contributed by atoms with Crippen molar-refractivity contribution in [2.45, 2.75) is 19.3 Å². The lowest BCUT2D eigenvalue weighted by atomic mass is 9.81. The standard InChI is InChI=1S/C54H36N2S.C43H28N4.C37H24N4/c1-54(2)47-18-6-3-13-39(47)40-23-21-34(30-48(40)54)36-27-37(35-22-24-44-43-15-5-8-20-51(43)57-52(44)31-35)29-38(28-36)56-49-19-7-4-14-41(49)45-16-9-11-33-12-10-17-46(53(33)45)42-25-26-55-32-50(42)56;1-3-13-30(14-4-1)41-44-42(31-15-5-2-6-16-31)46-43(45-41)32-25-27-33(28-26-32)47-38-23-9-7-19-34(38)36-21-11-17-29-18-12-22-37(40(29)36)35-20-8-10-24-39(35)47;1-3-13-26(14-4-1)35-38-36(27-15-5-2-6-16-27)40-37(39-35)41-32-23-9-7-19-28(32)30-21-11-17-25-18-12-22-31(34(25)30)29-20-8-10-24-33(29)41/h3-32H,1-2H3;1-28H;1-24H. The van der Waals surface area contributed by atoms with Crippen LogP contribution in [0.2, 0.25) is 0 Å². The van der Waals surface area contributed by atoms with E-state index in [4.69, 9.17) is 34.9 Å². The summed E-state index contributed by atoms with van der Waals surface area (Å²) in [5.41, 5.74) is 37.7. The summed E-state index contributed by atoms with van der Waals surface area (Å²) < 4.78 is 2.62. The number of pyridine rings is 1. The molecular weight excluding hydrogens is 1780 g/mol. The van der Waals surface area contributed by atoms with Crippen molar-refractivity contribution in [1.29, 1.82) is 0 Å². The summed E-state index contributed by atoms with van der Waals surface area (Å²) in [6.45, 7) is 4.73. The van der Waals surface area contributed by atoms with Crippen LogP contribution in [0.25, 0.3) is 210 Å². The lowest BCUT2D eigenvalue weighted by Gasteiger charge is -2.32. The lowest BCUT2D eigenvalue weighted by molar-refractivity contribution is 0.660. The number of para-hydroxylation sites is 5. The zero-order valence-corrected chi connectivity index (χ0v) is 80.0. The van der Waals surface area contributed by atoms with Crippen molar-refractivity contribution >= 4 is 115 Å². The Hall–Kier alpha value is -18.8. The fourth-order valence-corrected chi connectivity index (χ4v) is 23.4. The molecule has 0 atom stereocenters. The molecule has 3 aliphatic heterocycles. The summed E-state index contributed by atoms with van der Waals surface area (Å²) in [6, 6.07) is 173. The van der Waals surface area contributed by atoms with E-state index in [2.05, 4.69) is 393 Å². The van der Waals surface area contributed by atoms with Crippen molar-refractivity contribution < 1.29 is 0 Å². The summed E-state index contributed by atoms with van der Waals surface area (Å²) >= 11 is 1.87. The number of thiophene rings is 1. The fraction of sp³-hybridized carbons (Fsp3) is 0.0224. The largest absolute Gasteiger partial charge is 0.309 e. The first-order chi connectivity index (χ1) is 71.7. The number of benzene rings is 21. The molecule has 145 heavy (non-hydrogen) atoms. The van der Waals surface area contributed by atoms with Crippen LogP contribution in [0, 0.1) is 0 Å². The van der Waals surface area contributed by atoms with Gasteiger partial charge in [0.2, 0.25) is 5.95 Å². The van der Waals surface area contributed by atoms with Crippen LogP contribution in [0.4, 0.5) is 51.4 Å². The molecule has 1 aliphatic carbocycles. The molecule has 11 heteroatoms. The van der Waals surface area contributed by atoms with E-state index in [0.29, 0.717) is 35.1 Å². The number of fused-ring (bicyclic) bond motifs is 18. The van der Waals surface area contributed by atoms with Gasteiger partial charge in [-0.3, -0.25) is 9.88 Å². The molecule has 4 aromatic heterocycles. The molecule has 0 radical (unpaired) electrons. The van der Waals surface area contributed by atoms with E-state index in [-0.39, 0.29) is 5.41 Å². The molecule has 0 saturated carbocycles. The van der Waals surface area contributed by atoms with Crippen LogP contribution in [-0.2, 0) is 5.41 Å². The highest BCUT2D eigenvalue weighted by molar-refractivity contribution is 7.25. The molecule has 21 aromatic carbocycles. The van der Waals surface area contributed by atoms with Gasteiger partial charge in [0.05, 0.1) is 40.3 Å². The van der Waals surface area contributed by atoms with Gasteiger partial charge in [-0.1, -0.05) is 402 Å². The van der Waals surface area contributed by atoms with E-state index in [1.54, 1.807) is 0 Å². The predicted octanol–water partition coefficient (Wildman–Crippen LogP) is 36.0. The van der Waals surface area contributed by atoms with Crippen LogP contribution in [-0.4, -0.2) is 34.9 Å². The van der Waals surface area contributed by atoms with Crippen molar-refractivity contribution in [2.24, 2.45) is 0 Å². The monoisotopic (exact) mass is 1870 g/mol. The second-order valence-corrected chi connectivity index (χ2v) is 38.8. The highest BCUT2D eigenvalue weighted by Crippen LogP contribution is 2.57. The van der Waals surface area contributed by atoms with Crippen LogP contribution < -0.4 is 14.7 Å². The molecular formula is C134H88N10S. The minimum atomic E-state index is -0.102. The van der Waals surface area contributed by atoms with Crippen molar-refractivity contribution in [3.63, 3.8) is 0 Å². The van der Waals surface area contributed by atoms with Gasteiger partial charge in [0.15, 0.2) is 29.1 Å².